The van der Waals surface area contributed by atoms with Crippen molar-refractivity contribution in [2.24, 2.45) is 0 Å². The first-order chi connectivity index (χ1) is 25.6. The molecule has 2 aliphatic heterocycles. The minimum Gasteiger partial charge on any atom is -0.485 e. The van der Waals surface area contributed by atoms with Gasteiger partial charge < -0.3 is 9.47 Å². The molecule has 0 spiro atoms. The lowest BCUT2D eigenvalue weighted by Gasteiger charge is -2.24. The maximum Gasteiger partial charge on any atom is 0.168 e. The average molecular weight is 737 g/mol. The summed E-state index contributed by atoms with van der Waals surface area (Å²) in [7, 11) is 0. The molecule has 0 fully saturated rings. The molecule has 0 aliphatic carbocycles. The maximum absolute atomic E-state index is 15.9. The van der Waals surface area contributed by atoms with Crippen molar-refractivity contribution in [2.45, 2.75) is 52.7 Å². The maximum atomic E-state index is 15.9. The van der Waals surface area contributed by atoms with Crippen molar-refractivity contribution in [3.8, 4) is 33.8 Å². The second kappa shape index (κ2) is 12.7. The van der Waals surface area contributed by atoms with E-state index in [1.54, 1.807) is 86.6 Å². The van der Waals surface area contributed by atoms with Gasteiger partial charge in [-0.05, 0) is 84.0 Å². The highest BCUT2D eigenvalue weighted by molar-refractivity contribution is 7.25. The SMILES string of the molecule is Cc1ccc2c(c1F)OCc1c-2ccc(CCc2ccc3c(c2F)COc2c-3ccc(CCc3ccc4c(sc5c(F)c(C)ccc54)c3F)c2F)c1F. The van der Waals surface area contributed by atoms with E-state index in [4.69, 9.17) is 9.47 Å². The van der Waals surface area contributed by atoms with Gasteiger partial charge in [-0.1, -0.05) is 72.8 Å². The molecule has 1 aromatic heterocycles. The van der Waals surface area contributed by atoms with Gasteiger partial charge in [-0.15, -0.1) is 11.3 Å². The van der Waals surface area contributed by atoms with Crippen LogP contribution < -0.4 is 9.47 Å². The Morgan fingerprint density at radius 1 is 0.434 bits per heavy atom. The molecule has 7 aromatic rings. The molecule has 6 aromatic carbocycles. The van der Waals surface area contributed by atoms with Crippen LogP contribution in [0.1, 0.15) is 44.5 Å². The Bertz CT molecular complexity index is 2680. The molecule has 0 atom stereocenters. The van der Waals surface area contributed by atoms with Gasteiger partial charge in [0.15, 0.2) is 23.1 Å². The molecule has 9 rings (SSSR count). The van der Waals surface area contributed by atoms with E-state index in [2.05, 4.69) is 0 Å². The number of rotatable bonds is 6. The summed E-state index contributed by atoms with van der Waals surface area (Å²) in [6, 6.07) is 20.4. The molecule has 3 heterocycles. The molecule has 53 heavy (non-hydrogen) atoms. The molecule has 0 bridgehead atoms. The lowest BCUT2D eigenvalue weighted by Crippen LogP contribution is -2.13. The second-order valence-electron chi connectivity index (χ2n) is 13.8. The number of aryl methyl sites for hydroxylation is 6. The first-order valence-electron chi connectivity index (χ1n) is 17.4. The van der Waals surface area contributed by atoms with Crippen LogP contribution in [-0.2, 0) is 38.9 Å². The Morgan fingerprint density at radius 3 is 1.42 bits per heavy atom. The number of hydrogen-bond donors (Lipinski definition) is 0. The van der Waals surface area contributed by atoms with Gasteiger partial charge in [-0.25, -0.2) is 26.3 Å². The monoisotopic (exact) mass is 736 g/mol. The third-order valence-corrected chi connectivity index (χ3v) is 11.9. The molecule has 2 nitrogen and oxygen atoms in total. The Balaban J connectivity index is 0.933. The lowest BCUT2D eigenvalue weighted by atomic mass is 9.90. The summed E-state index contributed by atoms with van der Waals surface area (Å²) < 4.78 is 105. The minimum absolute atomic E-state index is 0.0170. The van der Waals surface area contributed by atoms with Crippen molar-refractivity contribution in [2.75, 3.05) is 0 Å². The molecule has 2 aliphatic rings. The highest BCUT2D eigenvalue weighted by atomic mass is 32.1. The van der Waals surface area contributed by atoms with E-state index in [1.165, 1.54) is 0 Å². The number of halogens is 6. The smallest absolute Gasteiger partial charge is 0.168 e. The molecule has 0 amide bonds. The van der Waals surface area contributed by atoms with Crippen molar-refractivity contribution in [1.29, 1.82) is 0 Å². The van der Waals surface area contributed by atoms with Crippen LogP contribution in [0.4, 0.5) is 26.3 Å². The fraction of sp³-hybridized carbons (Fsp3) is 0.182. The van der Waals surface area contributed by atoms with Crippen LogP contribution >= 0.6 is 11.3 Å². The summed E-state index contributed by atoms with van der Waals surface area (Å²) in [5.41, 5.74) is 5.08. The summed E-state index contributed by atoms with van der Waals surface area (Å²) in [5, 5.41) is 1.31. The quantitative estimate of drug-likeness (QED) is 0.158. The van der Waals surface area contributed by atoms with Gasteiger partial charge in [-0.2, -0.15) is 0 Å². The topological polar surface area (TPSA) is 18.5 Å². The number of thiophene rings is 1. The fourth-order valence-corrected chi connectivity index (χ4v) is 8.91. The van der Waals surface area contributed by atoms with E-state index in [-0.39, 0.29) is 56.2 Å². The van der Waals surface area contributed by atoms with E-state index >= 15 is 17.6 Å². The van der Waals surface area contributed by atoms with Crippen molar-refractivity contribution in [3.63, 3.8) is 0 Å². The predicted molar refractivity (Wildman–Crippen MR) is 196 cm³/mol. The fourth-order valence-electron chi connectivity index (χ4n) is 7.66. The number of hydrogen-bond acceptors (Lipinski definition) is 3. The van der Waals surface area contributed by atoms with Gasteiger partial charge in [0.05, 0.1) is 9.40 Å². The number of benzene rings is 6. The van der Waals surface area contributed by atoms with Crippen LogP contribution in [0.25, 0.3) is 42.4 Å². The summed E-state index contributed by atoms with van der Waals surface area (Å²) in [4.78, 5) is 0. The van der Waals surface area contributed by atoms with Gasteiger partial charge in [0, 0.05) is 33.0 Å². The van der Waals surface area contributed by atoms with E-state index in [1.807, 2.05) is 0 Å². The van der Waals surface area contributed by atoms with Crippen LogP contribution in [0.2, 0.25) is 0 Å². The van der Waals surface area contributed by atoms with Crippen LogP contribution in [0, 0.1) is 48.8 Å². The molecule has 9 heteroatoms. The van der Waals surface area contributed by atoms with E-state index in [9.17, 15) is 8.78 Å². The highest BCUT2D eigenvalue weighted by Gasteiger charge is 2.28. The molecule has 0 radical (unpaired) electrons. The molecular weight excluding hydrogens is 707 g/mol. The van der Waals surface area contributed by atoms with E-state index < -0.39 is 29.1 Å². The highest BCUT2D eigenvalue weighted by Crippen LogP contribution is 2.44. The zero-order chi connectivity index (χ0) is 36.7. The largest absolute Gasteiger partial charge is 0.485 e. The summed E-state index contributed by atoms with van der Waals surface area (Å²) in [6.45, 7) is 3.03. The number of fused-ring (bicyclic) bond motifs is 9. The van der Waals surface area contributed by atoms with Gasteiger partial charge in [0.2, 0.25) is 0 Å². The van der Waals surface area contributed by atoms with Crippen molar-refractivity contribution < 1.29 is 35.8 Å². The molecule has 266 valence electrons. The molecule has 0 N–H and O–H groups in total. The molecule has 0 saturated heterocycles. The Hall–Kier alpha value is -5.28. The first kappa shape index (κ1) is 33.5. The Kier molecular flexibility index (Phi) is 8.03. The van der Waals surface area contributed by atoms with Gasteiger partial charge in [0.1, 0.15) is 36.5 Å². The standard InChI is InChI=1S/C44H30F6O2S/c1-21-3-13-29-27-15-9-23(37(47)33(27)19-51-41(29)35(21)45)5-6-24-10-16-28-30-17-11-25(39(49)42(30)52-20-34(28)38(24)48)7-8-26-12-18-32-31-14-4-22(2)36(46)43(31)53-44(32)40(26)50/h3-4,9-18H,5-8,19-20H2,1-2H3. The lowest BCUT2D eigenvalue weighted by molar-refractivity contribution is 0.279. The van der Waals surface area contributed by atoms with Crippen LogP contribution in [0.5, 0.6) is 11.5 Å². The predicted octanol–water partition coefficient (Wildman–Crippen LogP) is 12.2. The summed E-state index contributed by atoms with van der Waals surface area (Å²) >= 11 is 1.08. The van der Waals surface area contributed by atoms with Crippen LogP contribution in [-0.4, -0.2) is 0 Å². The third-order valence-electron chi connectivity index (χ3n) is 10.7. The normalized spacial score (nSPS) is 13.0. The zero-order valence-electron chi connectivity index (χ0n) is 28.7. The van der Waals surface area contributed by atoms with Crippen molar-refractivity contribution in [1.82, 2.24) is 0 Å². The van der Waals surface area contributed by atoms with Crippen LogP contribution in [0.15, 0.2) is 72.8 Å². The molecular formula is C44H30F6O2S. The molecule has 0 unspecified atom stereocenters. The first-order valence-corrected chi connectivity index (χ1v) is 18.2. The van der Waals surface area contributed by atoms with Crippen molar-refractivity contribution in [3.05, 3.63) is 152 Å². The molecule has 0 saturated carbocycles. The van der Waals surface area contributed by atoms with Gasteiger partial charge >= 0.3 is 0 Å². The van der Waals surface area contributed by atoms with E-state index in [0.29, 0.717) is 86.9 Å². The zero-order valence-corrected chi connectivity index (χ0v) is 29.5. The van der Waals surface area contributed by atoms with Crippen LogP contribution in [0.3, 0.4) is 0 Å². The Morgan fingerprint density at radius 2 is 0.830 bits per heavy atom. The van der Waals surface area contributed by atoms with E-state index in [0.717, 1.165) is 11.3 Å². The van der Waals surface area contributed by atoms with Gasteiger partial charge in [-0.3, -0.25) is 0 Å². The Labute approximate surface area is 305 Å². The second-order valence-corrected chi connectivity index (χ2v) is 14.8. The van der Waals surface area contributed by atoms with Gasteiger partial charge in [0.25, 0.3) is 0 Å². The summed E-state index contributed by atoms with van der Waals surface area (Å²) in [5.74, 6) is -2.62. The summed E-state index contributed by atoms with van der Waals surface area (Å²) in [6.07, 6.45) is 0.827. The minimum atomic E-state index is -0.578. The number of ether oxygens (including phenoxy) is 2. The average Bonchev–Trinajstić information content (AvgIpc) is 3.55. The van der Waals surface area contributed by atoms with Crippen molar-refractivity contribution >= 4 is 31.5 Å². The third kappa shape index (κ3) is 5.30.